The Bertz CT molecular complexity index is 925. The van der Waals surface area contributed by atoms with E-state index in [-0.39, 0.29) is 34.1 Å². The maximum Gasteiger partial charge on any atom is 0.261 e. The number of hydrogen-bond donors (Lipinski definition) is 2. The number of hydrogen-bond acceptors (Lipinski definition) is 5. The molecule has 0 aliphatic carbocycles. The van der Waals surface area contributed by atoms with E-state index in [0.29, 0.717) is 19.0 Å². The lowest BCUT2D eigenvalue weighted by Gasteiger charge is -2.36. The van der Waals surface area contributed by atoms with E-state index >= 15 is 0 Å². The van der Waals surface area contributed by atoms with Crippen molar-refractivity contribution in [2.24, 2.45) is 15.6 Å². The first-order chi connectivity index (χ1) is 14.3. The first kappa shape index (κ1) is 23.7. The van der Waals surface area contributed by atoms with Crippen LogP contribution in [0.25, 0.3) is 0 Å². The highest BCUT2D eigenvalue weighted by molar-refractivity contribution is 7.60. The summed E-state index contributed by atoms with van der Waals surface area (Å²) in [7, 11) is -1.28. The second-order valence-electron chi connectivity index (χ2n) is 10.6. The van der Waals surface area contributed by atoms with E-state index in [2.05, 4.69) is 46.9 Å². The van der Waals surface area contributed by atoms with Gasteiger partial charge in [-0.05, 0) is 42.7 Å². The third-order valence-electron chi connectivity index (χ3n) is 5.59. The summed E-state index contributed by atoms with van der Waals surface area (Å²) in [6, 6.07) is 5.60. The highest BCUT2D eigenvalue weighted by atomic mass is 31.2. The third kappa shape index (κ3) is 4.80. The van der Waals surface area contributed by atoms with E-state index < -0.39 is 8.30 Å². The van der Waals surface area contributed by atoms with Crippen molar-refractivity contribution in [1.82, 2.24) is 4.90 Å². The standard InChI is InChI=1S/C24H36N3O3P/c1-9-30-31-19-15(2)11-10-12-16(19)25-21(26-31)17-18(28)20(24(6,7)8)27(22(17)29)14-13-23(3,4)5/h10-12,20,28H,9,13-14H2,1-8H3,(H,25,26)/t20-,31?/m1/s1. The first-order valence-corrected chi connectivity index (χ1v) is 12.2. The smallest absolute Gasteiger partial charge is 0.261 e. The van der Waals surface area contributed by atoms with Crippen LogP contribution >= 0.6 is 8.30 Å². The quantitative estimate of drug-likeness (QED) is 0.604. The van der Waals surface area contributed by atoms with Gasteiger partial charge in [-0.2, -0.15) is 0 Å². The van der Waals surface area contributed by atoms with Crippen LogP contribution < -0.4 is 10.6 Å². The van der Waals surface area contributed by atoms with Gasteiger partial charge in [-0.25, -0.2) is 4.76 Å². The molecule has 2 aliphatic heterocycles. The Hall–Kier alpha value is -1.91. The van der Waals surface area contributed by atoms with Crippen molar-refractivity contribution in [1.29, 1.82) is 0 Å². The Kier molecular flexibility index (Phi) is 6.55. The van der Waals surface area contributed by atoms with Crippen molar-refractivity contribution in [3.63, 3.8) is 0 Å². The van der Waals surface area contributed by atoms with Crippen molar-refractivity contribution in [2.45, 2.75) is 67.9 Å². The number of amidine groups is 1. The number of amides is 1. The second-order valence-corrected chi connectivity index (χ2v) is 12.0. The minimum absolute atomic E-state index is 0.0848. The first-order valence-electron chi connectivity index (χ1n) is 11.0. The summed E-state index contributed by atoms with van der Waals surface area (Å²) in [5, 5.41) is 15.6. The normalized spacial score (nSPS) is 21.9. The van der Waals surface area contributed by atoms with E-state index in [1.165, 1.54) is 0 Å². The van der Waals surface area contributed by atoms with Crippen molar-refractivity contribution in [2.75, 3.05) is 18.5 Å². The highest BCUT2D eigenvalue weighted by Gasteiger charge is 2.47. The molecule has 1 amide bonds. The lowest BCUT2D eigenvalue weighted by molar-refractivity contribution is -0.128. The molecule has 0 saturated heterocycles. The van der Waals surface area contributed by atoms with Crippen LogP contribution in [0, 0.1) is 17.8 Å². The number of nitrogens with zero attached hydrogens (tertiary/aromatic N) is 2. The van der Waals surface area contributed by atoms with Gasteiger partial charge in [-0.15, -0.1) is 0 Å². The molecular formula is C24H36N3O3P. The molecule has 0 saturated carbocycles. The molecule has 3 rings (SSSR count). The van der Waals surface area contributed by atoms with Gasteiger partial charge in [-0.1, -0.05) is 53.7 Å². The van der Waals surface area contributed by atoms with Crippen molar-refractivity contribution < 1.29 is 14.4 Å². The molecular weight excluding hydrogens is 409 g/mol. The van der Waals surface area contributed by atoms with Crippen LogP contribution in [-0.4, -0.2) is 40.9 Å². The average Bonchev–Trinajstić information content (AvgIpc) is 2.89. The number of benzene rings is 1. The summed E-state index contributed by atoms with van der Waals surface area (Å²) in [6.45, 7) is 17.7. The monoisotopic (exact) mass is 445 g/mol. The predicted octanol–water partition coefficient (Wildman–Crippen LogP) is 5.30. The van der Waals surface area contributed by atoms with Crippen LogP contribution in [0.15, 0.2) is 34.3 Å². The molecule has 7 heteroatoms. The maximum atomic E-state index is 13.6. The minimum atomic E-state index is -1.28. The van der Waals surface area contributed by atoms with Gasteiger partial charge in [0.1, 0.15) is 17.2 Å². The van der Waals surface area contributed by atoms with Gasteiger partial charge in [0.2, 0.25) is 0 Å². The number of carbonyl (C=O) groups is 1. The number of aliphatic hydroxyl groups excluding tert-OH is 1. The van der Waals surface area contributed by atoms with Gasteiger partial charge < -0.3 is 19.8 Å². The molecule has 0 bridgehead atoms. The van der Waals surface area contributed by atoms with E-state index in [9.17, 15) is 9.90 Å². The Labute approximate surface area is 187 Å². The number of nitrogens with one attached hydrogen (secondary N) is 1. The number of carbonyl (C=O) groups excluding carboxylic acids is 1. The molecule has 31 heavy (non-hydrogen) atoms. The lowest BCUT2D eigenvalue weighted by Crippen LogP contribution is -2.45. The summed E-state index contributed by atoms with van der Waals surface area (Å²) >= 11 is 0. The zero-order valence-electron chi connectivity index (χ0n) is 20.0. The zero-order chi connectivity index (χ0) is 23.1. The average molecular weight is 446 g/mol. The molecule has 1 aromatic carbocycles. The Balaban J connectivity index is 2.04. The fourth-order valence-electron chi connectivity index (χ4n) is 4.08. The van der Waals surface area contributed by atoms with Crippen molar-refractivity contribution in [3.8, 4) is 0 Å². The number of aryl methyl sites for hydroxylation is 1. The lowest BCUT2D eigenvalue weighted by atomic mass is 9.84. The van der Waals surface area contributed by atoms with Crippen molar-refractivity contribution >= 4 is 31.0 Å². The molecule has 0 aromatic heterocycles. The van der Waals surface area contributed by atoms with Crippen LogP contribution in [0.2, 0.25) is 0 Å². The van der Waals surface area contributed by atoms with Crippen LogP contribution in [-0.2, 0) is 9.32 Å². The second kappa shape index (κ2) is 8.55. The van der Waals surface area contributed by atoms with Crippen LogP contribution in [0.4, 0.5) is 5.69 Å². The molecule has 1 unspecified atom stereocenters. The molecule has 2 aliphatic rings. The van der Waals surface area contributed by atoms with Gasteiger partial charge in [0.15, 0.2) is 8.30 Å². The third-order valence-corrected chi connectivity index (χ3v) is 7.45. The van der Waals surface area contributed by atoms with Crippen LogP contribution in [0.1, 0.15) is 60.5 Å². The van der Waals surface area contributed by atoms with Gasteiger partial charge in [-0.3, -0.25) is 4.79 Å². The molecule has 6 nitrogen and oxygen atoms in total. The van der Waals surface area contributed by atoms with Crippen molar-refractivity contribution in [3.05, 3.63) is 35.1 Å². The molecule has 2 N–H and O–H groups in total. The van der Waals surface area contributed by atoms with Crippen LogP contribution in [0.3, 0.4) is 0 Å². The summed E-state index contributed by atoms with van der Waals surface area (Å²) < 4.78 is 10.8. The van der Waals surface area contributed by atoms with E-state index in [4.69, 9.17) is 9.29 Å². The molecule has 2 heterocycles. The molecule has 0 spiro atoms. The van der Waals surface area contributed by atoms with Gasteiger partial charge >= 0.3 is 0 Å². The molecule has 170 valence electrons. The molecule has 2 atom stereocenters. The summed E-state index contributed by atoms with van der Waals surface area (Å²) in [5.41, 5.74) is 2.03. The molecule has 0 radical (unpaired) electrons. The largest absolute Gasteiger partial charge is 0.509 e. The van der Waals surface area contributed by atoms with E-state index in [0.717, 1.165) is 23.0 Å². The van der Waals surface area contributed by atoms with Gasteiger partial charge in [0.25, 0.3) is 5.91 Å². The highest BCUT2D eigenvalue weighted by Crippen LogP contribution is 2.46. The number of aliphatic hydroxyl groups is 1. The van der Waals surface area contributed by atoms with E-state index in [1.54, 1.807) is 0 Å². The molecule has 0 fully saturated rings. The topological polar surface area (TPSA) is 74.2 Å². The fraction of sp³-hybridized carbons (Fsp3) is 0.583. The summed E-state index contributed by atoms with van der Waals surface area (Å²) in [4.78, 5) is 15.4. The zero-order valence-corrected chi connectivity index (χ0v) is 20.9. The SMILES string of the molecule is CCOP1N=C(C2=C(O)[C@H](C(C)(C)C)N(CCC(C)(C)C)C2=O)Nc2cccc(C)c21. The van der Waals surface area contributed by atoms with E-state index in [1.807, 2.05) is 36.9 Å². The Morgan fingerprint density at radius 2 is 1.90 bits per heavy atom. The Morgan fingerprint density at radius 3 is 2.48 bits per heavy atom. The summed E-state index contributed by atoms with van der Waals surface area (Å²) in [5.74, 6) is 0.336. The minimum Gasteiger partial charge on any atom is -0.509 e. The van der Waals surface area contributed by atoms with Gasteiger partial charge in [0.05, 0.1) is 23.6 Å². The molecule has 1 aromatic rings. The van der Waals surface area contributed by atoms with Gasteiger partial charge in [0, 0.05) is 6.54 Å². The predicted molar refractivity (Wildman–Crippen MR) is 129 cm³/mol. The number of rotatable bonds is 5. The Morgan fingerprint density at radius 1 is 1.23 bits per heavy atom. The number of anilines is 1. The van der Waals surface area contributed by atoms with Crippen LogP contribution in [0.5, 0.6) is 0 Å². The summed E-state index contributed by atoms with van der Waals surface area (Å²) in [6.07, 6.45) is 0.847. The number of fused-ring (bicyclic) bond motifs is 1. The fourth-order valence-corrected chi connectivity index (χ4v) is 5.65. The maximum absolute atomic E-state index is 13.6.